The van der Waals surface area contributed by atoms with Gasteiger partial charge in [-0.25, -0.2) is 0 Å². The van der Waals surface area contributed by atoms with Crippen molar-refractivity contribution in [2.75, 3.05) is 6.61 Å². The van der Waals surface area contributed by atoms with Crippen molar-refractivity contribution in [3.8, 4) is 29.4 Å². The predicted octanol–water partition coefficient (Wildman–Crippen LogP) is 6.72. The van der Waals surface area contributed by atoms with E-state index >= 15 is 0 Å². The van der Waals surface area contributed by atoms with Gasteiger partial charge < -0.3 is 9.16 Å². The molecule has 0 aliphatic carbocycles. The molecule has 29 heavy (non-hydrogen) atoms. The third-order valence-electron chi connectivity index (χ3n) is 5.72. The number of benzene rings is 1. The van der Waals surface area contributed by atoms with Crippen LogP contribution in [0.2, 0.25) is 18.1 Å². The molecule has 0 aromatic heterocycles. The number of ether oxygens (including phenoxy) is 1. The number of para-hydroxylation sites is 1. The first kappa shape index (κ1) is 23.3. The average molecular weight is 409 g/mol. The molecule has 1 fully saturated rings. The minimum Gasteiger partial charge on any atom is -0.543 e. The van der Waals surface area contributed by atoms with Crippen LogP contribution >= 0.6 is 0 Å². The summed E-state index contributed by atoms with van der Waals surface area (Å²) < 4.78 is 12.2. The second-order valence-corrected chi connectivity index (χ2v) is 13.9. The summed E-state index contributed by atoms with van der Waals surface area (Å²) >= 11 is 0. The van der Waals surface area contributed by atoms with Crippen molar-refractivity contribution in [3.05, 3.63) is 42.0 Å². The molecule has 0 saturated carbocycles. The Morgan fingerprint density at radius 1 is 1.14 bits per heavy atom. The fourth-order valence-electron chi connectivity index (χ4n) is 2.87. The number of unbranched alkanes of at least 4 members (excludes halogenated alkanes) is 1. The first-order chi connectivity index (χ1) is 13.8. The van der Waals surface area contributed by atoms with Gasteiger partial charge in [0.15, 0.2) is 0 Å². The van der Waals surface area contributed by atoms with E-state index in [1.165, 1.54) is 19.3 Å². The highest BCUT2D eigenvalue weighted by Gasteiger charge is 2.39. The minimum absolute atomic E-state index is 0.159. The van der Waals surface area contributed by atoms with Gasteiger partial charge in [0.25, 0.3) is 8.32 Å². The van der Waals surface area contributed by atoms with E-state index < -0.39 is 8.32 Å². The fraction of sp³-hybridized carbons (Fsp3) is 0.538. The minimum atomic E-state index is -1.88. The van der Waals surface area contributed by atoms with Gasteiger partial charge >= 0.3 is 0 Å². The largest absolute Gasteiger partial charge is 0.543 e. The van der Waals surface area contributed by atoms with Gasteiger partial charge in [0, 0.05) is 13.0 Å². The summed E-state index contributed by atoms with van der Waals surface area (Å²) in [6.45, 7) is 12.2. The van der Waals surface area contributed by atoms with Crippen molar-refractivity contribution in [1.82, 2.24) is 0 Å². The van der Waals surface area contributed by atoms with Crippen LogP contribution < -0.4 is 4.43 Å². The highest BCUT2D eigenvalue weighted by atomic mass is 28.4. The normalized spacial score (nSPS) is 17.2. The van der Waals surface area contributed by atoms with Gasteiger partial charge in [-0.1, -0.05) is 56.6 Å². The molecule has 0 amide bonds. The highest BCUT2D eigenvalue weighted by Crippen LogP contribution is 2.38. The van der Waals surface area contributed by atoms with Gasteiger partial charge in [0.2, 0.25) is 0 Å². The van der Waals surface area contributed by atoms with Gasteiger partial charge in [-0.05, 0) is 74.5 Å². The Hall–Kier alpha value is -1.94. The highest BCUT2D eigenvalue weighted by molar-refractivity contribution is 6.74. The lowest BCUT2D eigenvalue weighted by atomic mass is 10.0. The van der Waals surface area contributed by atoms with Crippen molar-refractivity contribution in [2.24, 2.45) is 0 Å². The molecule has 1 aromatic carbocycles. The van der Waals surface area contributed by atoms with E-state index in [4.69, 9.17) is 9.16 Å². The zero-order valence-electron chi connectivity index (χ0n) is 18.8. The lowest BCUT2D eigenvalue weighted by Gasteiger charge is -2.36. The van der Waals surface area contributed by atoms with Crippen molar-refractivity contribution in [2.45, 2.75) is 83.5 Å². The Morgan fingerprint density at radius 2 is 1.90 bits per heavy atom. The number of rotatable bonds is 5. The third kappa shape index (κ3) is 8.13. The molecule has 2 nitrogen and oxygen atoms in total. The Morgan fingerprint density at radius 3 is 2.62 bits per heavy atom. The van der Waals surface area contributed by atoms with Crippen LogP contribution in [0.15, 0.2) is 36.4 Å². The van der Waals surface area contributed by atoms with Crippen molar-refractivity contribution in [3.63, 3.8) is 0 Å². The zero-order chi connectivity index (χ0) is 21.2. The first-order valence-corrected chi connectivity index (χ1v) is 13.7. The van der Waals surface area contributed by atoms with E-state index in [1.807, 2.05) is 36.4 Å². The molecule has 0 radical (unpaired) electrons. The summed E-state index contributed by atoms with van der Waals surface area (Å²) in [5.74, 6) is 13.5. The molecule has 1 aromatic rings. The quantitative estimate of drug-likeness (QED) is 0.306. The molecule has 1 aliphatic rings. The van der Waals surface area contributed by atoms with Crippen LogP contribution in [0.1, 0.15) is 64.9 Å². The molecule has 156 valence electrons. The van der Waals surface area contributed by atoms with E-state index in [9.17, 15) is 0 Å². The summed E-state index contributed by atoms with van der Waals surface area (Å²) in [5.41, 5.74) is 0.933. The molecule has 1 unspecified atom stereocenters. The maximum absolute atomic E-state index is 6.44. The SMILES string of the molecule is CC(C)(C)[Si](C)(C)Oc1ccccc1C#C/C=C\C#CCCCC1CCCCO1. The number of allylic oxidation sites excluding steroid dienone is 2. The van der Waals surface area contributed by atoms with Crippen LogP contribution in [0.4, 0.5) is 0 Å². The zero-order valence-corrected chi connectivity index (χ0v) is 19.8. The predicted molar refractivity (Wildman–Crippen MR) is 126 cm³/mol. The van der Waals surface area contributed by atoms with Gasteiger partial charge in [0.1, 0.15) is 5.75 Å². The van der Waals surface area contributed by atoms with Gasteiger partial charge in [-0.3, -0.25) is 0 Å². The summed E-state index contributed by atoms with van der Waals surface area (Å²) in [6, 6.07) is 8.04. The van der Waals surface area contributed by atoms with Gasteiger partial charge in [0.05, 0.1) is 11.7 Å². The Bertz CT molecular complexity index is 788. The Labute approximate surface area is 179 Å². The topological polar surface area (TPSA) is 18.5 Å². The molecular weight excluding hydrogens is 372 g/mol. The molecular formula is C26H36O2Si. The van der Waals surface area contributed by atoms with Gasteiger partial charge in [-0.2, -0.15) is 0 Å². The van der Waals surface area contributed by atoms with Gasteiger partial charge in [-0.15, -0.1) is 0 Å². The van der Waals surface area contributed by atoms with Crippen LogP contribution in [0.3, 0.4) is 0 Å². The van der Waals surface area contributed by atoms with E-state index in [0.717, 1.165) is 37.2 Å². The van der Waals surface area contributed by atoms with Crippen molar-refractivity contribution in [1.29, 1.82) is 0 Å². The Kier molecular flexibility index (Phi) is 9.09. The number of hydrogen-bond donors (Lipinski definition) is 0. The molecule has 1 heterocycles. The lowest BCUT2D eigenvalue weighted by Crippen LogP contribution is -2.44. The lowest BCUT2D eigenvalue weighted by molar-refractivity contribution is 0.0104. The van der Waals surface area contributed by atoms with E-state index in [1.54, 1.807) is 0 Å². The monoisotopic (exact) mass is 408 g/mol. The van der Waals surface area contributed by atoms with Crippen LogP contribution in [0, 0.1) is 23.7 Å². The molecule has 3 heteroatoms. The molecule has 1 saturated heterocycles. The fourth-order valence-corrected chi connectivity index (χ4v) is 3.91. The molecule has 0 N–H and O–H groups in total. The standard InChI is InChI=1S/C26H36O2Si/c1-26(2,3)29(4,5)28-25-21-14-13-18-23(25)17-11-9-7-6-8-10-12-19-24-20-15-16-22-27-24/h7,9,13-14,18,21,24H,10,12,15-16,19-20,22H2,1-5H3/b9-7-. The van der Waals surface area contributed by atoms with E-state index in [0.29, 0.717) is 6.10 Å². The van der Waals surface area contributed by atoms with Crippen LogP contribution in [0.5, 0.6) is 5.75 Å². The van der Waals surface area contributed by atoms with Crippen molar-refractivity contribution >= 4 is 8.32 Å². The third-order valence-corrected chi connectivity index (χ3v) is 10.1. The summed E-state index contributed by atoms with van der Waals surface area (Å²) in [4.78, 5) is 0. The molecule has 2 rings (SSSR count). The molecule has 0 spiro atoms. The number of hydrogen-bond acceptors (Lipinski definition) is 2. The maximum atomic E-state index is 6.44. The van der Waals surface area contributed by atoms with Crippen molar-refractivity contribution < 1.29 is 9.16 Å². The summed E-state index contributed by atoms with van der Waals surface area (Å²) in [6.07, 6.45) is 11.0. The summed E-state index contributed by atoms with van der Waals surface area (Å²) in [5, 5.41) is 0.159. The average Bonchev–Trinajstić information content (AvgIpc) is 2.67. The summed E-state index contributed by atoms with van der Waals surface area (Å²) in [7, 11) is -1.88. The van der Waals surface area contributed by atoms with Crippen LogP contribution in [-0.2, 0) is 4.74 Å². The maximum Gasteiger partial charge on any atom is 0.250 e. The van der Waals surface area contributed by atoms with E-state index in [2.05, 4.69) is 57.5 Å². The second-order valence-electron chi connectivity index (χ2n) is 9.16. The second kappa shape index (κ2) is 11.3. The Balaban J connectivity index is 1.84. The van der Waals surface area contributed by atoms with Crippen LogP contribution in [0.25, 0.3) is 0 Å². The molecule has 1 aliphatic heterocycles. The van der Waals surface area contributed by atoms with Crippen LogP contribution in [-0.4, -0.2) is 21.0 Å². The first-order valence-electron chi connectivity index (χ1n) is 10.8. The van der Waals surface area contributed by atoms with E-state index in [-0.39, 0.29) is 5.04 Å². The smallest absolute Gasteiger partial charge is 0.250 e. The molecule has 1 atom stereocenters. The molecule has 0 bridgehead atoms.